The average molecular weight is 211 g/mol. The monoisotopic (exact) mass is 211 g/mol. The van der Waals surface area contributed by atoms with E-state index < -0.39 is 12.6 Å². The van der Waals surface area contributed by atoms with E-state index in [1.807, 2.05) is 0 Å². The summed E-state index contributed by atoms with van der Waals surface area (Å²) in [6, 6.07) is -0.236. The van der Waals surface area contributed by atoms with Crippen molar-refractivity contribution >= 4 is 0 Å². The summed E-state index contributed by atoms with van der Waals surface area (Å²) in [5, 5.41) is 0. The Bertz CT molecular complexity index is 166. The van der Waals surface area contributed by atoms with E-state index in [4.69, 9.17) is 10.5 Å². The first kappa shape index (κ1) is 11.8. The van der Waals surface area contributed by atoms with Crippen molar-refractivity contribution in [2.24, 2.45) is 5.73 Å². The van der Waals surface area contributed by atoms with Crippen LogP contribution in [0.5, 0.6) is 0 Å². The van der Waals surface area contributed by atoms with E-state index in [-0.39, 0.29) is 18.6 Å². The molecule has 14 heavy (non-hydrogen) atoms. The largest absolute Gasteiger partial charge is 0.389 e. The molecule has 2 unspecified atom stereocenters. The van der Waals surface area contributed by atoms with Crippen molar-refractivity contribution in [3.05, 3.63) is 0 Å². The zero-order valence-electron chi connectivity index (χ0n) is 8.02. The molecule has 0 aromatic carbocycles. The van der Waals surface area contributed by atoms with E-state index >= 15 is 0 Å². The van der Waals surface area contributed by atoms with E-state index in [1.54, 1.807) is 0 Å². The van der Waals surface area contributed by atoms with Gasteiger partial charge in [0.15, 0.2) is 0 Å². The molecular formula is C9H16F3NO. The van der Waals surface area contributed by atoms with Gasteiger partial charge < -0.3 is 10.5 Å². The highest BCUT2D eigenvalue weighted by molar-refractivity contribution is 4.77. The molecule has 2 N–H and O–H groups in total. The lowest BCUT2D eigenvalue weighted by molar-refractivity contribution is -0.136. The van der Waals surface area contributed by atoms with Crippen LogP contribution < -0.4 is 5.73 Å². The molecular weight excluding hydrogens is 195 g/mol. The molecule has 1 aliphatic heterocycles. The number of nitrogens with two attached hydrogens (primary N) is 1. The summed E-state index contributed by atoms with van der Waals surface area (Å²) in [6.45, 7) is 0.692. The van der Waals surface area contributed by atoms with Gasteiger partial charge in [-0.05, 0) is 25.7 Å². The van der Waals surface area contributed by atoms with Crippen molar-refractivity contribution in [1.29, 1.82) is 0 Å². The number of halogens is 3. The maximum atomic E-state index is 11.8. The second-order valence-electron chi connectivity index (χ2n) is 3.72. The molecule has 0 saturated carbocycles. The van der Waals surface area contributed by atoms with Crippen LogP contribution in [0.2, 0.25) is 0 Å². The normalized spacial score (nSPS) is 25.3. The van der Waals surface area contributed by atoms with E-state index in [0.717, 1.165) is 12.8 Å². The molecule has 0 radical (unpaired) electrons. The minimum absolute atomic E-state index is 0.0248. The van der Waals surface area contributed by atoms with Crippen molar-refractivity contribution in [3.8, 4) is 0 Å². The van der Waals surface area contributed by atoms with Gasteiger partial charge in [0, 0.05) is 19.1 Å². The van der Waals surface area contributed by atoms with Gasteiger partial charge in [-0.1, -0.05) is 0 Å². The lowest BCUT2D eigenvalue weighted by Crippen LogP contribution is -2.34. The summed E-state index contributed by atoms with van der Waals surface area (Å²) in [4.78, 5) is 0. The maximum Gasteiger partial charge on any atom is 0.389 e. The van der Waals surface area contributed by atoms with Crippen LogP contribution in [-0.4, -0.2) is 24.9 Å². The fraction of sp³-hybridized carbons (Fsp3) is 1.00. The molecule has 1 fully saturated rings. The van der Waals surface area contributed by atoms with Gasteiger partial charge in [0.2, 0.25) is 0 Å². The van der Waals surface area contributed by atoms with E-state index in [2.05, 4.69) is 0 Å². The molecule has 2 atom stereocenters. The summed E-state index contributed by atoms with van der Waals surface area (Å²) in [7, 11) is 0. The van der Waals surface area contributed by atoms with Crippen LogP contribution in [0, 0.1) is 0 Å². The van der Waals surface area contributed by atoms with Gasteiger partial charge in [0.25, 0.3) is 0 Å². The van der Waals surface area contributed by atoms with Gasteiger partial charge in [-0.25, -0.2) is 0 Å². The zero-order chi connectivity index (χ0) is 10.6. The molecule has 0 amide bonds. The van der Waals surface area contributed by atoms with Crippen molar-refractivity contribution in [2.45, 2.75) is 50.4 Å². The molecule has 5 heteroatoms. The predicted octanol–water partition coefficient (Wildman–Crippen LogP) is 2.23. The second kappa shape index (κ2) is 4.98. The van der Waals surface area contributed by atoms with Gasteiger partial charge in [0.1, 0.15) is 0 Å². The minimum atomic E-state index is -4.06. The molecule has 84 valence electrons. The summed E-state index contributed by atoms with van der Waals surface area (Å²) in [6.07, 6.45) is -2.48. The van der Waals surface area contributed by atoms with E-state index in [0.29, 0.717) is 13.0 Å². The molecule has 1 saturated heterocycles. The average Bonchev–Trinajstić information content (AvgIpc) is 2.53. The number of hydrogen-bond donors (Lipinski definition) is 1. The second-order valence-corrected chi connectivity index (χ2v) is 3.72. The predicted molar refractivity (Wildman–Crippen MR) is 46.9 cm³/mol. The van der Waals surface area contributed by atoms with Gasteiger partial charge >= 0.3 is 6.18 Å². The fourth-order valence-electron chi connectivity index (χ4n) is 1.66. The summed E-state index contributed by atoms with van der Waals surface area (Å²) >= 11 is 0. The molecule has 0 spiro atoms. The first-order chi connectivity index (χ1) is 6.49. The highest BCUT2D eigenvalue weighted by atomic mass is 19.4. The minimum Gasteiger partial charge on any atom is -0.377 e. The number of rotatable bonds is 4. The van der Waals surface area contributed by atoms with Crippen LogP contribution in [-0.2, 0) is 4.74 Å². The van der Waals surface area contributed by atoms with Crippen molar-refractivity contribution in [1.82, 2.24) is 0 Å². The van der Waals surface area contributed by atoms with Gasteiger partial charge in [-0.15, -0.1) is 0 Å². The molecule has 1 heterocycles. The Hall–Kier alpha value is -0.290. The summed E-state index contributed by atoms with van der Waals surface area (Å²) in [5.74, 6) is 0. The summed E-state index contributed by atoms with van der Waals surface area (Å²) < 4.78 is 40.7. The van der Waals surface area contributed by atoms with Crippen LogP contribution in [0.1, 0.15) is 32.1 Å². The van der Waals surface area contributed by atoms with Gasteiger partial charge in [-0.2, -0.15) is 13.2 Å². The standard InChI is InChI=1S/C9H16F3NO/c10-9(11,12)5-1-3-7(13)8-4-2-6-14-8/h7-8H,1-6,13H2. The number of alkyl halides is 3. The van der Waals surface area contributed by atoms with Crippen LogP contribution in [0.25, 0.3) is 0 Å². The summed E-state index contributed by atoms with van der Waals surface area (Å²) in [5.41, 5.74) is 5.72. The van der Waals surface area contributed by atoms with Crippen LogP contribution in [0.3, 0.4) is 0 Å². The fourth-order valence-corrected chi connectivity index (χ4v) is 1.66. The Morgan fingerprint density at radius 1 is 1.43 bits per heavy atom. The quantitative estimate of drug-likeness (QED) is 0.773. The third kappa shape index (κ3) is 4.28. The molecule has 1 aliphatic rings. The van der Waals surface area contributed by atoms with Crippen LogP contribution in [0.4, 0.5) is 13.2 Å². The molecule has 2 nitrogen and oxygen atoms in total. The Labute approximate surface area is 81.6 Å². The van der Waals surface area contributed by atoms with Crippen LogP contribution >= 0.6 is 0 Å². The Kier molecular flexibility index (Phi) is 4.19. The first-order valence-electron chi connectivity index (χ1n) is 4.93. The third-order valence-corrected chi connectivity index (χ3v) is 2.44. The smallest absolute Gasteiger partial charge is 0.377 e. The highest BCUT2D eigenvalue weighted by Crippen LogP contribution is 2.24. The topological polar surface area (TPSA) is 35.2 Å². The Morgan fingerprint density at radius 3 is 2.64 bits per heavy atom. The molecule has 0 bridgehead atoms. The number of hydrogen-bond acceptors (Lipinski definition) is 2. The van der Waals surface area contributed by atoms with E-state index in [9.17, 15) is 13.2 Å². The van der Waals surface area contributed by atoms with Gasteiger partial charge in [0.05, 0.1) is 6.10 Å². The van der Waals surface area contributed by atoms with Gasteiger partial charge in [-0.3, -0.25) is 0 Å². The maximum absolute atomic E-state index is 11.8. The lowest BCUT2D eigenvalue weighted by Gasteiger charge is -2.18. The van der Waals surface area contributed by atoms with Crippen molar-refractivity contribution in [2.75, 3.05) is 6.61 Å². The molecule has 0 aliphatic carbocycles. The highest BCUT2D eigenvalue weighted by Gasteiger charge is 2.28. The SMILES string of the molecule is NC(CCCC(F)(F)F)C1CCCO1. The molecule has 0 aromatic heterocycles. The first-order valence-corrected chi connectivity index (χ1v) is 4.93. The van der Waals surface area contributed by atoms with Crippen LogP contribution in [0.15, 0.2) is 0 Å². The molecule has 1 rings (SSSR count). The molecule has 0 aromatic rings. The Balaban J connectivity index is 2.11. The Morgan fingerprint density at radius 2 is 2.14 bits per heavy atom. The van der Waals surface area contributed by atoms with Crippen molar-refractivity contribution < 1.29 is 17.9 Å². The number of ether oxygens (including phenoxy) is 1. The lowest BCUT2D eigenvalue weighted by atomic mass is 10.0. The third-order valence-electron chi connectivity index (χ3n) is 2.44. The zero-order valence-corrected chi connectivity index (χ0v) is 8.02. The van der Waals surface area contributed by atoms with E-state index in [1.165, 1.54) is 0 Å². The van der Waals surface area contributed by atoms with Crippen molar-refractivity contribution in [3.63, 3.8) is 0 Å².